The van der Waals surface area contributed by atoms with Crippen molar-refractivity contribution in [2.24, 2.45) is 5.41 Å². The number of hydrogen-bond acceptors (Lipinski definition) is 3. The summed E-state index contributed by atoms with van der Waals surface area (Å²) in [4.78, 5) is 8.88. The summed E-state index contributed by atoms with van der Waals surface area (Å²) in [5.74, 6) is 0. The molecule has 57 heavy (non-hydrogen) atoms. The third-order valence-electron chi connectivity index (χ3n) is 9.39. The molecule has 8 aromatic rings. The topological polar surface area (TPSA) is 38.9 Å². The maximum Gasteiger partial charge on any atom is 0.123 e. The van der Waals surface area contributed by atoms with Crippen LogP contribution >= 0.6 is 0 Å². The van der Waals surface area contributed by atoms with Crippen molar-refractivity contribution in [2.75, 3.05) is 0 Å². The molecule has 0 saturated heterocycles. The van der Waals surface area contributed by atoms with Gasteiger partial charge in [0.05, 0.1) is 5.58 Å². The molecule has 0 bridgehead atoms. The van der Waals surface area contributed by atoms with Crippen LogP contribution in [0.15, 0.2) is 126 Å². The van der Waals surface area contributed by atoms with Crippen molar-refractivity contribution in [3.05, 3.63) is 167 Å². The van der Waals surface area contributed by atoms with Gasteiger partial charge in [0.1, 0.15) is 5.58 Å². The predicted octanol–water partition coefficient (Wildman–Crippen LogP) is 14.4. The van der Waals surface area contributed by atoms with E-state index in [-0.39, 0.29) is 64.5 Å². The minimum absolute atomic E-state index is 0. The Bertz CT molecular complexity index is 3190. The van der Waals surface area contributed by atoms with Gasteiger partial charge in [0.2, 0.25) is 0 Å². The first-order valence-corrected chi connectivity index (χ1v) is 18.4. The molecule has 291 valence electrons. The number of hydrogen-bond donors (Lipinski definition) is 0. The molecule has 0 fully saturated rings. The predicted molar refractivity (Wildman–Crippen MR) is 236 cm³/mol. The standard InChI is InChI=1S/C30H28NO.C23H24N.Ir/c1-18-9-7-10-23-24-11-8-12-25(29(24)32-28(18)23)27-16-26(20(3)17-31-27)22-14-13-21(15-19(22)2)30(4,5)6;1-17-10-12-20(14-21(17)19-8-6-5-7-9-19)22-13-11-18(16-24-22)15-23(2,3)4;/h7-11,13-17H,1-6H3;5-11,13-14,16H,15H2,1-4H3;/q2*-1;/i1D3,2D3,3D3;1D3,15D2;. The maximum absolute atomic E-state index is 8.39. The third kappa shape index (κ3) is 9.20. The van der Waals surface area contributed by atoms with Gasteiger partial charge < -0.3 is 14.4 Å². The van der Waals surface area contributed by atoms with Crippen LogP contribution in [0.25, 0.3) is 66.7 Å². The minimum atomic E-state index is -2.57. The van der Waals surface area contributed by atoms with Crippen molar-refractivity contribution >= 4 is 21.9 Å². The maximum atomic E-state index is 8.39. The van der Waals surface area contributed by atoms with Gasteiger partial charge in [-0.25, -0.2) is 0 Å². The second kappa shape index (κ2) is 16.8. The molecule has 8 rings (SSSR count). The Hall–Kier alpha value is -5.15. The van der Waals surface area contributed by atoms with Gasteiger partial charge in [0.25, 0.3) is 0 Å². The average Bonchev–Trinajstić information content (AvgIpc) is 3.66. The monoisotopic (exact) mass is 939 g/mol. The smallest absolute Gasteiger partial charge is 0.123 e. The second-order valence-corrected chi connectivity index (χ2v) is 15.9. The van der Waals surface area contributed by atoms with Crippen LogP contribution in [0.4, 0.5) is 0 Å². The Morgan fingerprint density at radius 1 is 0.632 bits per heavy atom. The zero-order chi connectivity index (χ0) is 51.6. The van der Waals surface area contributed by atoms with E-state index in [1.165, 1.54) is 18.3 Å². The van der Waals surface area contributed by atoms with E-state index in [1.54, 1.807) is 66.9 Å². The van der Waals surface area contributed by atoms with E-state index in [0.29, 0.717) is 50.0 Å². The first kappa shape index (κ1) is 26.7. The molecule has 0 atom stereocenters. The molecule has 0 aliphatic heterocycles. The van der Waals surface area contributed by atoms with Gasteiger partial charge in [0, 0.05) is 57.1 Å². The molecule has 3 heterocycles. The number of para-hydroxylation sites is 1. The van der Waals surface area contributed by atoms with Crippen molar-refractivity contribution in [3.8, 4) is 44.8 Å². The molecule has 0 spiro atoms. The SMILES string of the molecule is [2H]C([2H])([2H])c1c[c-]c(-c2ccc(C([2H])([2H])C(C)(C)C)cn2)cc1-c1ccccc1.[2H]C([2H])([2H])c1cnc(-c2[c-]ccc3c2oc2c(C([2H])([2H])[2H])cccc23)cc1-c1ccc(C(C)(C)C)cc1C([2H])([2H])[2H].[Ir]. The van der Waals surface area contributed by atoms with E-state index in [9.17, 15) is 0 Å². The van der Waals surface area contributed by atoms with Crippen molar-refractivity contribution in [1.82, 2.24) is 9.97 Å². The number of rotatable bonds is 5. The summed E-state index contributed by atoms with van der Waals surface area (Å²) in [7, 11) is 0. The average molecular weight is 939 g/mol. The molecule has 0 aliphatic carbocycles. The molecule has 0 saturated carbocycles. The van der Waals surface area contributed by atoms with Gasteiger partial charge in [-0.1, -0.05) is 150 Å². The van der Waals surface area contributed by atoms with Crippen molar-refractivity contribution in [3.63, 3.8) is 0 Å². The second-order valence-electron chi connectivity index (χ2n) is 15.9. The Labute approximate surface area is 372 Å². The summed E-state index contributed by atoms with van der Waals surface area (Å²) in [6, 6.07) is 37.3. The van der Waals surface area contributed by atoms with Gasteiger partial charge in [-0.15, -0.1) is 47.5 Å². The van der Waals surface area contributed by atoms with E-state index in [4.69, 9.17) is 23.6 Å². The van der Waals surface area contributed by atoms with Crippen LogP contribution in [0, 0.1) is 45.0 Å². The first-order chi connectivity index (χ1) is 32.3. The zero-order valence-corrected chi connectivity index (χ0v) is 35.1. The molecule has 0 aliphatic rings. The molecule has 3 nitrogen and oxygen atoms in total. The molecule has 3 aromatic heterocycles. The van der Waals surface area contributed by atoms with Crippen LogP contribution in [0.3, 0.4) is 0 Å². The summed E-state index contributed by atoms with van der Waals surface area (Å²) in [6.07, 6.45) is 1.26. The Morgan fingerprint density at radius 2 is 1.39 bits per heavy atom. The Morgan fingerprint density at radius 3 is 2.09 bits per heavy atom. The largest absolute Gasteiger partial charge is 0.500 e. The fraction of sp³-hybridized carbons (Fsp3) is 0.245. The molecule has 0 N–H and O–H groups in total. The van der Waals surface area contributed by atoms with Gasteiger partial charge in [-0.2, -0.15) is 0 Å². The number of furan rings is 1. The normalized spacial score (nSPS) is 16.4. The molecule has 0 amide bonds. The summed E-state index contributed by atoms with van der Waals surface area (Å²) in [6.45, 7) is 1.77. The molecule has 0 unspecified atom stereocenters. The molecule has 4 heteroatoms. The minimum Gasteiger partial charge on any atom is -0.500 e. The van der Waals surface area contributed by atoms with E-state index in [1.807, 2.05) is 77.9 Å². The van der Waals surface area contributed by atoms with E-state index in [0.717, 1.165) is 11.1 Å². The number of fused-ring (bicyclic) bond motifs is 3. The fourth-order valence-electron chi connectivity index (χ4n) is 6.57. The number of aromatic nitrogens is 2. The molecular weight excluding hydrogens is 873 g/mol. The van der Waals surface area contributed by atoms with Crippen molar-refractivity contribution < 1.29 is 43.7 Å². The molecule has 1 radical (unpaired) electrons. The van der Waals surface area contributed by atoms with Crippen LogP contribution in [0.5, 0.6) is 0 Å². The summed E-state index contributed by atoms with van der Waals surface area (Å²) < 4.78 is 120. The van der Waals surface area contributed by atoms with E-state index in [2.05, 4.69) is 22.1 Å². The molecule has 5 aromatic carbocycles. The Kier molecular flexibility index (Phi) is 7.85. The van der Waals surface area contributed by atoms with Crippen LogP contribution in [-0.2, 0) is 31.9 Å². The summed E-state index contributed by atoms with van der Waals surface area (Å²) in [5, 5.41) is 1.27. The van der Waals surface area contributed by atoms with Gasteiger partial charge in [-0.05, 0) is 93.7 Å². The molecular formula is C53H52IrN2O-2. The van der Waals surface area contributed by atoms with Crippen LogP contribution in [-0.4, -0.2) is 9.97 Å². The van der Waals surface area contributed by atoms with Gasteiger partial charge in [-0.3, -0.25) is 0 Å². The van der Waals surface area contributed by atoms with Crippen LogP contribution in [0.2, 0.25) is 0 Å². The fourth-order valence-corrected chi connectivity index (χ4v) is 6.57. The van der Waals surface area contributed by atoms with E-state index < -0.39 is 39.2 Å². The van der Waals surface area contributed by atoms with E-state index >= 15 is 0 Å². The van der Waals surface area contributed by atoms with Crippen LogP contribution in [0.1, 0.15) is 94.1 Å². The van der Waals surface area contributed by atoms with Crippen LogP contribution < -0.4 is 0 Å². The summed E-state index contributed by atoms with van der Waals surface area (Å²) in [5.41, 5.74) is 5.19. The van der Waals surface area contributed by atoms with Crippen molar-refractivity contribution in [2.45, 2.75) is 80.7 Å². The first-order valence-electron chi connectivity index (χ1n) is 25.4. The number of pyridine rings is 2. The number of nitrogens with zero attached hydrogens (tertiary/aromatic N) is 2. The Balaban J connectivity index is 0.000000243. The summed E-state index contributed by atoms with van der Waals surface area (Å²) >= 11 is 0. The number of benzene rings is 5. The van der Waals surface area contributed by atoms with Gasteiger partial charge in [0.15, 0.2) is 0 Å². The van der Waals surface area contributed by atoms with Gasteiger partial charge >= 0.3 is 0 Å². The quantitative estimate of drug-likeness (QED) is 0.161. The third-order valence-corrected chi connectivity index (χ3v) is 9.39. The van der Waals surface area contributed by atoms with Crippen molar-refractivity contribution in [1.29, 1.82) is 0 Å². The zero-order valence-electron chi connectivity index (χ0n) is 46.7. The number of aryl methyl sites for hydroxylation is 4.